The molecular formula is C16H13FN2OS. The molecule has 0 radical (unpaired) electrons. The maximum Gasteiger partial charge on any atom is 0.234 e. The summed E-state index contributed by atoms with van der Waals surface area (Å²) < 4.78 is 13.4. The number of thioether (sulfide) groups is 1. The van der Waals surface area contributed by atoms with Gasteiger partial charge in [0, 0.05) is 10.6 Å². The Labute approximate surface area is 126 Å². The van der Waals surface area contributed by atoms with Gasteiger partial charge >= 0.3 is 0 Å². The molecule has 21 heavy (non-hydrogen) atoms. The number of nitrogens with one attached hydrogen (secondary N) is 1. The van der Waals surface area contributed by atoms with Gasteiger partial charge in [0.2, 0.25) is 5.91 Å². The van der Waals surface area contributed by atoms with Crippen molar-refractivity contribution in [3.05, 3.63) is 59.4 Å². The van der Waals surface area contributed by atoms with E-state index < -0.39 is 0 Å². The number of nitrogens with zero attached hydrogens (tertiary/aromatic N) is 1. The molecule has 106 valence electrons. The summed E-state index contributed by atoms with van der Waals surface area (Å²) in [6.07, 6.45) is 0. The second kappa shape index (κ2) is 6.91. The first-order valence-corrected chi connectivity index (χ1v) is 7.26. The van der Waals surface area contributed by atoms with Gasteiger partial charge in [0.1, 0.15) is 5.82 Å². The molecule has 0 saturated carbocycles. The minimum absolute atomic E-state index is 0.201. The van der Waals surface area contributed by atoms with Gasteiger partial charge in [-0.1, -0.05) is 6.07 Å². The molecule has 0 aromatic heterocycles. The Morgan fingerprint density at radius 3 is 2.62 bits per heavy atom. The van der Waals surface area contributed by atoms with Crippen molar-refractivity contribution in [2.45, 2.75) is 11.8 Å². The largest absolute Gasteiger partial charge is 0.325 e. The maximum absolute atomic E-state index is 13.4. The second-order valence-electron chi connectivity index (χ2n) is 4.44. The van der Waals surface area contributed by atoms with E-state index >= 15 is 0 Å². The van der Waals surface area contributed by atoms with Crippen LogP contribution in [0.25, 0.3) is 0 Å². The molecule has 0 spiro atoms. The monoisotopic (exact) mass is 300 g/mol. The smallest absolute Gasteiger partial charge is 0.234 e. The van der Waals surface area contributed by atoms with Crippen molar-refractivity contribution in [3.63, 3.8) is 0 Å². The predicted molar refractivity (Wildman–Crippen MR) is 81.6 cm³/mol. The van der Waals surface area contributed by atoms with Crippen molar-refractivity contribution in [3.8, 4) is 6.07 Å². The lowest BCUT2D eigenvalue weighted by atomic mass is 10.2. The van der Waals surface area contributed by atoms with Crippen LogP contribution in [0.1, 0.15) is 11.1 Å². The Hall–Kier alpha value is -2.32. The van der Waals surface area contributed by atoms with Crippen LogP contribution in [0.3, 0.4) is 0 Å². The first-order valence-electron chi connectivity index (χ1n) is 6.27. The van der Waals surface area contributed by atoms with Crippen molar-refractivity contribution >= 4 is 23.4 Å². The van der Waals surface area contributed by atoms with Crippen molar-refractivity contribution in [2.75, 3.05) is 11.1 Å². The molecule has 2 aromatic carbocycles. The minimum Gasteiger partial charge on any atom is -0.325 e. The Balaban J connectivity index is 1.89. The van der Waals surface area contributed by atoms with Gasteiger partial charge < -0.3 is 5.32 Å². The van der Waals surface area contributed by atoms with E-state index in [2.05, 4.69) is 5.32 Å². The van der Waals surface area contributed by atoms with Gasteiger partial charge in [0.05, 0.1) is 17.4 Å². The van der Waals surface area contributed by atoms with Gasteiger partial charge in [-0.15, -0.1) is 11.8 Å². The molecule has 5 heteroatoms. The Kier molecular flexibility index (Phi) is 4.96. The first kappa shape index (κ1) is 15.1. The lowest BCUT2D eigenvalue weighted by Crippen LogP contribution is -2.14. The first-order chi connectivity index (χ1) is 10.1. The maximum atomic E-state index is 13.4. The van der Waals surface area contributed by atoms with Crippen molar-refractivity contribution in [1.82, 2.24) is 0 Å². The third-order valence-electron chi connectivity index (χ3n) is 2.81. The van der Waals surface area contributed by atoms with E-state index in [4.69, 9.17) is 5.26 Å². The fraction of sp³-hybridized carbons (Fsp3) is 0.125. The van der Waals surface area contributed by atoms with Crippen LogP contribution in [-0.2, 0) is 4.79 Å². The third-order valence-corrected chi connectivity index (χ3v) is 3.82. The molecule has 0 aliphatic rings. The van der Waals surface area contributed by atoms with E-state index in [-0.39, 0.29) is 17.5 Å². The molecule has 0 atom stereocenters. The number of benzene rings is 2. The van der Waals surface area contributed by atoms with Crippen LogP contribution < -0.4 is 5.32 Å². The molecule has 1 amide bonds. The fourth-order valence-corrected chi connectivity index (χ4v) is 2.34. The number of amides is 1. The van der Waals surface area contributed by atoms with Gasteiger partial charge in [-0.05, 0) is 48.9 Å². The van der Waals surface area contributed by atoms with Crippen LogP contribution in [0.15, 0.2) is 47.4 Å². The fourth-order valence-electron chi connectivity index (χ4n) is 1.64. The van der Waals surface area contributed by atoms with E-state index in [1.54, 1.807) is 43.3 Å². The quantitative estimate of drug-likeness (QED) is 0.875. The minimum atomic E-state index is -0.340. The molecule has 0 heterocycles. The molecule has 2 aromatic rings. The number of hydrogen-bond acceptors (Lipinski definition) is 3. The van der Waals surface area contributed by atoms with Crippen molar-refractivity contribution in [1.29, 1.82) is 5.26 Å². The van der Waals surface area contributed by atoms with Gasteiger partial charge in [0.15, 0.2) is 0 Å². The molecule has 0 fully saturated rings. The Bertz CT molecular complexity index is 692. The van der Waals surface area contributed by atoms with Crippen LogP contribution in [-0.4, -0.2) is 11.7 Å². The van der Waals surface area contributed by atoms with E-state index in [1.807, 2.05) is 6.07 Å². The van der Waals surface area contributed by atoms with Crippen LogP contribution in [0, 0.1) is 24.1 Å². The number of anilines is 1. The molecule has 3 nitrogen and oxygen atoms in total. The summed E-state index contributed by atoms with van der Waals surface area (Å²) in [4.78, 5) is 12.7. The number of hydrogen-bond donors (Lipinski definition) is 1. The molecular weight excluding hydrogens is 287 g/mol. The highest BCUT2D eigenvalue weighted by Gasteiger charge is 2.05. The van der Waals surface area contributed by atoms with E-state index in [0.717, 1.165) is 4.90 Å². The zero-order valence-corrected chi connectivity index (χ0v) is 12.2. The van der Waals surface area contributed by atoms with Gasteiger partial charge in [-0.2, -0.15) is 5.26 Å². The standard InChI is InChI=1S/C16H13FN2OS/c1-11-2-5-13(8-15(11)17)19-16(20)10-21-14-6-3-12(9-18)4-7-14/h2-8H,10H2,1H3,(H,19,20). The topological polar surface area (TPSA) is 52.9 Å². The van der Waals surface area contributed by atoms with Gasteiger partial charge in [0.25, 0.3) is 0 Å². The summed E-state index contributed by atoms with van der Waals surface area (Å²) in [7, 11) is 0. The average molecular weight is 300 g/mol. The van der Waals surface area contributed by atoms with Crippen molar-refractivity contribution < 1.29 is 9.18 Å². The van der Waals surface area contributed by atoms with Crippen LogP contribution in [0.2, 0.25) is 0 Å². The predicted octanol–water partition coefficient (Wildman–Crippen LogP) is 3.74. The van der Waals surface area contributed by atoms with Crippen LogP contribution in [0.4, 0.5) is 10.1 Å². The van der Waals surface area contributed by atoms with E-state index in [1.165, 1.54) is 17.8 Å². The van der Waals surface area contributed by atoms with Gasteiger partial charge in [-0.25, -0.2) is 4.39 Å². The molecule has 0 unspecified atom stereocenters. The van der Waals surface area contributed by atoms with Gasteiger partial charge in [-0.3, -0.25) is 4.79 Å². The number of nitriles is 1. The summed E-state index contributed by atoms with van der Waals surface area (Å²) in [5.41, 5.74) is 1.57. The number of carbonyl (C=O) groups is 1. The summed E-state index contributed by atoms with van der Waals surface area (Å²) in [6, 6.07) is 13.6. The van der Waals surface area contributed by atoms with Crippen molar-refractivity contribution in [2.24, 2.45) is 0 Å². The zero-order valence-electron chi connectivity index (χ0n) is 11.4. The van der Waals surface area contributed by atoms with Crippen LogP contribution in [0.5, 0.6) is 0 Å². The van der Waals surface area contributed by atoms with E-state index in [9.17, 15) is 9.18 Å². The lowest BCUT2D eigenvalue weighted by Gasteiger charge is -2.06. The number of aryl methyl sites for hydroxylation is 1. The summed E-state index contributed by atoms with van der Waals surface area (Å²) in [6.45, 7) is 1.67. The molecule has 1 N–H and O–H groups in total. The average Bonchev–Trinajstić information content (AvgIpc) is 2.49. The highest BCUT2D eigenvalue weighted by molar-refractivity contribution is 8.00. The SMILES string of the molecule is Cc1ccc(NC(=O)CSc2ccc(C#N)cc2)cc1F. The molecule has 0 aliphatic carbocycles. The number of halogens is 1. The third kappa shape index (κ3) is 4.33. The zero-order chi connectivity index (χ0) is 15.2. The van der Waals surface area contributed by atoms with Crippen LogP contribution >= 0.6 is 11.8 Å². The highest BCUT2D eigenvalue weighted by atomic mass is 32.2. The molecule has 0 bridgehead atoms. The Morgan fingerprint density at radius 1 is 1.29 bits per heavy atom. The second-order valence-corrected chi connectivity index (χ2v) is 5.49. The lowest BCUT2D eigenvalue weighted by molar-refractivity contribution is -0.113. The summed E-state index contributed by atoms with van der Waals surface area (Å²) in [5, 5.41) is 11.4. The highest BCUT2D eigenvalue weighted by Crippen LogP contribution is 2.19. The molecule has 0 saturated heterocycles. The molecule has 0 aliphatic heterocycles. The summed E-state index contributed by atoms with van der Waals surface area (Å²) >= 11 is 1.36. The van der Waals surface area contributed by atoms with E-state index in [0.29, 0.717) is 16.8 Å². The number of carbonyl (C=O) groups excluding carboxylic acids is 1. The Morgan fingerprint density at radius 2 is 2.00 bits per heavy atom. The number of rotatable bonds is 4. The normalized spacial score (nSPS) is 9.95. The molecule has 2 rings (SSSR count). The summed E-state index contributed by atoms with van der Waals surface area (Å²) in [5.74, 6) is -0.318.